The lowest BCUT2D eigenvalue weighted by Gasteiger charge is -1.98. The Kier molecular flexibility index (Phi) is 1.97. The molecule has 2 rings (SSSR count). The van der Waals surface area contributed by atoms with Crippen molar-refractivity contribution in [2.75, 3.05) is 6.79 Å². The van der Waals surface area contributed by atoms with Crippen LogP contribution in [0.5, 0.6) is 11.5 Å². The topological polar surface area (TPSA) is 18.5 Å². The molecule has 1 aromatic rings. The quantitative estimate of drug-likeness (QED) is 0.655. The van der Waals surface area contributed by atoms with E-state index in [0.29, 0.717) is 6.79 Å². The summed E-state index contributed by atoms with van der Waals surface area (Å²) in [7, 11) is 0. The first kappa shape index (κ1) is 8.17. The van der Waals surface area contributed by atoms with Crippen molar-refractivity contribution in [2.24, 2.45) is 0 Å². The molecule has 0 bridgehead atoms. The van der Waals surface area contributed by atoms with E-state index in [1.165, 1.54) is 5.57 Å². The lowest BCUT2D eigenvalue weighted by Crippen LogP contribution is -1.92. The Bertz CT molecular complexity index is 349. The molecule has 1 aromatic carbocycles. The maximum absolute atomic E-state index is 5.27. The van der Waals surface area contributed by atoms with E-state index < -0.39 is 0 Å². The van der Waals surface area contributed by atoms with Gasteiger partial charge in [-0.3, -0.25) is 0 Å². The van der Waals surface area contributed by atoms with Gasteiger partial charge in [0.15, 0.2) is 11.5 Å². The fourth-order valence-corrected chi connectivity index (χ4v) is 1.34. The maximum atomic E-state index is 5.27. The van der Waals surface area contributed by atoms with E-state index in [1.807, 2.05) is 18.2 Å². The van der Waals surface area contributed by atoms with Crippen LogP contribution >= 0.6 is 0 Å². The Morgan fingerprint density at radius 2 is 2.00 bits per heavy atom. The average Bonchev–Trinajstić information content (AvgIpc) is 2.49. The van der Waals surface area contributed by atoms with Gasteiger partial charge in [0, 0.05) is 0 Å². The molecule has 0 aliphatic carbocycles. The number of allylic oxidation sites excluding steroid dienone is 1. The molecule has 0 saturated carbocycles. The Morgan fingerprint density at radius 3 is 2.77 bits per heavy atom. The minimum Gasteiger partial charge on any atom is -0.454 e. The van der Waals surface area contributed by atoms with Gasteiger partial charge >= 0.3 is 0 Å². The van der Waals surface area contributed by atoms with Gasteiger partial charge in [-0.05, 0) is 31.5 Å². The molecule has 0 saturated heterocycles. The number of hydrogen-bond donors (Lipinski definition) is 0. The fraction of sp³-hybridized carbons (Fsp3) is 0.273. The van der Waals surface area contributed by atoms with Gasteiger partial charge in [-0.25, -0.2) is 0 Å². The fourth-order valence-electron chi connectivity index (χ4n) is 1.34. The Morgan fingerprint density at radius 1 is 1.23 bits per heavy atom. The minimum absolute atomic E-state index is 0.341. The van der Waals surface area contributed by atoms with Crippen LogP contribution in [0.25, 0.3) is 6.08 Å². The smallest absolute Gasteiger partial charge is 0.231 e. The molecule has 2 nitrogen and oxygen atoms in total. The second-order valence-corrected chi connectivity index (χ2v) is 3.33. The summed E-state index contributed by atoms with van der Waals surface area (Å²) < 4.78 is 10.5. The van der Waals surface area contributed by atoms with Crippen LogP contribution in [0.4, 0.5) is 0 Å². The normalized spacial score (nSPS) is 12.8. The minimum atomic E-state index is 0.341. The van der Waals surface area contributed by atoms with Crippen molar-refractivity contribution in [3.05, 3.63) is 29.3 Å². The molecule has 0 fully saturated rings. The van der Waals surface area contributed by atoms with Gasteiger partial charge in [0.1, 0.15) is 0 Å². The monoisotopic (exact) mass is 176 g/mol. The first-order valence-corrected chi connectivity index (χ1v) is 4.30. The molecule has 0 radical (unpaired) electrons. The van der Waals surface area contributed by atoms with Crippen LogP contribution < -0.4 is 9.47 Å². The van der Waals surface area contributed by atoms with Gasteiger partial charge in [-0.2, -0.15) is 0 Å². The third kappa shape index (κ3) is 1.66. The van der Waals surface area contributed by atoms with Crippen LogP contribution in [0.3, 0.4) is 0 Å². The molecular formula is C11H12O2. The first-order chi connectivity index (χ1) is 6.25. The van der Waals surface area contributed by atoms with Crippen molar-refractivity contribution in [1.82, 2.24) is 0 Å². The predicted octanol–water partition coefficient (Wildman–Crippen LogP) is 2.84. The highest BCUT2D eigenvalue weighted by Crippen LogP contribution is 2.32. The molecule has 0 N–H and O–H groups in total. The van der Waals surface area contributed by atoms with E-state index in [9.17, 15) is 0 Å². The SMILES string of the molecule is CC(C)=Cc1ccc2c(c1)OCO2. The van der Waals surface area contributed by atoms with Gasteiger partial charge in [0.25, 0.3) is 0 Å². The van der Waals surface area contributed by atoms with E-state index in [1.54, 1.807) is 0 Å². The Hall–Kier alpha value is -1.44. The molecule has 13 heavy (non-hydrogen) atoms. The maximum Gasteiger partial charge on any atom is 0.231 e. The molecule has 0 atom stereocenters. The molecule has 1 aliphatic rings. The van der Waals surface area contributed by atoms with Crippen LogP contribution in [0.15, 0.2) is 23.8 Å². The summed E-state index contributed by atoms with van der Waals surface area (Å²) in [4.78, 5) is 0. The predicted molar refractivity (Wildman–Crippen MR) is 51.9 cm³/mol. The zero-order valence-corrected chi connectivity index (χ0v) is 7.83. The average molecular weight is 176 g/mol. The molecule has 1 aliphatic heterocycles. The van der Waals surface area contributed by atoms with Crippen molar-refractivity contribution in [3.8, 4) is 11.5 Å². The van der Waals surface area contributed by atoms with Crippen LogP contribution in [0.1, 0.15) is 19.4 Å². The van der Waals surface area contributed by atoms with Crippen LogP contribution in [0, 0.1) is 0 Å². The summed E-state index contributed by atoms with van der Waals surface area (Å²) in [6.07, 6.45) is 2.11. The van der Waals surface area contributed by atoms with E-state index >= 15 is 0 Å². The van der Waals surface area contributed by atoms with Crippen LogP contribution in [-0.4, -0.2) is 6.79 Å². The summed E-state index contributed by atoms with van der Waals surface area (Å²) in [6.45, 7) is 4.49. The van der Waals surface area contributed by atoms with Crippen molar-refractivity contribution in [3.63, 3.8) is 0 Å². The summed E-state index contributed by atoms with van der Waals surface area (Å²) in [5.74, 6) is 1.68. The lowest BCUT2D eigenvalue weighted by atomic mass is 10.1. The standard InChI is InChI=1S/C11H12O2/c1-8(2)5-9-3-4-10-11(6-9)13-7-12-10/h3-6H,7H2,1-2H3. The second-order valence-electron chi connectivity index (χ2n) is 3.33. The van der Waals surface area contributed by atoms with Gasteiger partial charge in [-0.1, -0.05) is 17.7 Å². The molecule has 0 aromatic heterocycles. The van der Waals surface area contributed by atoms with E-state index in [2.05, 4.69) is 19.9 Å². The van der Waals surface area contributed by atoms with Gasteiger partial charge < -0.3 is 9.47 Å². The van der Waals surface area contributed by atoms with Crippen molar-refractivity contribution < 1.29 is 9.47 Å². The Balaban J connectivity index is 2.36. The first-order valence-electron chi connectivity index (χ1n) is 4.30. The molecular weight excluding hydrogens is 164 g/mol. The van der Waals surface area contributed by atoms with E-state index in [0.717, 1.165) is 17.1 Å². The van der Waals surface area contributed by atoms with Crippen molar-refractivity contribution in [1.29, 1.82) is 0 Å². The van der Waals surface area contributed by atoms with Crippen LogP contribution in [0.2, 0.25) is 0 Å². The van der Waals surface area contributed by atoms with Crippen molar-refractivity contribution in [2.45, 2.75) is 13.8 Å². The largest absolute Gasteiger partial charge is 0.454 e. The summed E-state index contributed by atoms with van der Waals surface area (Å²) in [5.41, 5.74) is 2.43. The number of fused-ring (bicyclic) bond motifs is 1. The molecule has 68 valence electrons. The second kappa shape index (κ2) is 3.13. The summed E-state index contributed by atoms with van der Waals surface area (Å²) in [5, 5.41) is 0. The zero-order valence-electron chi connectivity index (χ0n) is 7.83. The third-order valence-corrected chi connectivity index (χ3v) is 1.85. The molecule has 1 heterocycles. The summed E-state index contributed by atoms with van der Waals surface area (Å²) >= 11 is 0. The number of hydrogen-bond acceptors (Lipinski definition) is 2. The highest BCUT2D eigenvalue weighted by Gasteiger charge is 2.11. The van der Waals surface area contributed by atoms with Crippen molar-refractivity contribution >= 4 is 6.08 Å². The molecule has 0 amide bonds. The summed E-state index contributed by atoms with van der Waals surface area (Å²) in [6, 6.07) is 5.97. The highest BCUT2D eigenvalue weighted by atomic mass is 16.7. The van der Waals surface area contributed by atoms with Crippen LogP contribution in [-0.2, 0) is 0 Å². The molecule has 0 unspecified atom stereocenters. The Labute approximate surface area is 77.8 Å². The zero-order chi connectivity index (χ0) is 9.26. The van der Waals surface area contributed by atoms with Gasteiger partial charge in [0.2, 0.25) is 6.79 Å². The molecule has 0 spiro atoms. The third-order valence-electron chi connectivity index (χ3n) is 1.85. The number of ether oxygens (including phenoxy) is 2. The lowest BCUT2D eigenvalue weighted by molar-refractivity contribution is 0.174. The number of benzene rings is 1. The van der Waals surface area contributed by atoms with E-state index in [-0.39, 0.29) is 0 Å². The highest BCUT2D eigenvalue weighted by molar-refractivity contribution is 5.57. The van der Waals surface area contributed by atoms with Gasteiger partial charge in [-0.15, -0.1) is 0 Å². The van der Waals surface area contributed by atoms with E-state index in [4.69, 9.17) is 9.47 Å². The van der Waals surface area contributed by atoms with Gasteiger partial charge in [0.05, 0.1) is 0 Å². The molecule has 2 heteroatoms. The number of rotatable bonds is 1.